The summed E-state index contributed by atoms with van der Waals surface area (Å²) >= 11 is 0. The maximum Gasteiger partial charge on any atom is 0.193 e. The topological polar surface area (TPSA) is 71.0 Å². The van der Waals surface area contributed by atoms with Crippen molar-refractivity contribution in [3.8, 4) is 0 Å². The molecule has 1 saturated heterocycles. The van der Waals surface area contributed by atoms with E-state index in [2.05, 4.69) is 34.3 Å². The van der Waals surface area contributed by atoms with E-state index < -0.39 is 14.6 Å². The van der Waals surface area contributed by atoms with Crippen LogP contribution in [0.25, 0.3) is 0 Å². The maximum absolute atomic E-state index is 11.9. The van der Waals surface area contributed by atoms with Crippen LogP contribution in [0.3, 0.4) is 0 Å². The number of nitrogens with one attached hydrogen (secondary N) is 1. The quantitative estimate of drug-likeness (QED) is 0.395. The molecular weight excluding hydrogens is 465 g/mol. The van der Waals surface area contributed by atoms with Gasteiger partial charge in [0.15, 0.2) is 15.8 Å². The third-order valence-corrected chi connectivity index (χ3v) is 6.94. The highest BCUT2D eigenvalue weighted by Gasteiger charge is 2.31. The molecule has 1 heterocycles. The number of rotatable bonds is 4. The molecule has 0 bridgehead atoms. The van der Waals surface area contributed by atoms with E-state index in [1.165, 1.54) is 17.4 Å². The average molecular weight is 495 g/mol. The lowest BCUT2D eigenvalue weighted by Crippen LogP contribution is -2.52. The van der Waals surface area contributed by atoms with Crippen molar-refractivity contribution in [2.45, 2.75) is 31.6 Å². The van der Waals surface area contributed by atoms with Gasteiger partial charge in [-0.15, -0.1) is 24.0 Å². The Kier molecular flexibility index (Phi) is 8.34. The van der Waals surface area contributed by atoms with E-state index in [-0.39, 0.29) is 30.1 Å². The predicted molar refractivity (Wildman–Crippen MR) is 117 cm³/mol. The van der Waals surface area contributed by atoms with Gasteiger partial charge in [-0.1, -0.05) is 24.3 Å². The summed E-state index contributed by atoms with van der Waals surface area (Å²) in [4.78, 5) is 6.45. The number of halogens is 1. The maximum atomic E-state index is 11.9. The molecule has 1 aromatic rings. The Morgan fingerprint density at radius 3 is 2.62 bits per heavy atom. The fourth-order valence-electron chi connectivity index (χ4n) is 2.73. The number of aliphatic imine (C=N–C) groups is 1. The number of ether oxygens (including phenoxy) is 1. The van der Waals surface area contributed by atoms with Gasteiger partial charge in [0.25, 0.3) is 0 Å². The normalized spacial score (nSPS) is 19.0. The number of benzene rings is 1. The van der Waals surface area contributed by atoms with Crippen LogP contribution in [0, 0.1) is 6.92 Å². The van der Waals surface area contributed by atoms with E-state index in [9.17, 15) is 8.42 Å². The third-order valence-electron chi connectivity index (χ3n) is 4.79. The highest BCUT2D eigenvalue weighted by Crippen LogP contribution is 2.25. The summed E-state index contributed by atoms with van der Waals surface area (Å²) in [7, 11) is -1.44. The fourth-order valence-corrected chi connectivity index (χ4v) is 3.07. The van der Waals surface area contributed by atoms with Crippen molar-refractivity contribution in [3.05, 3.63) is 35.4 Å². The molecule has 0 spiro atoms. The number of nitrogens with zero attached hydrogens (tertiary/aromatic N) is 2. The number of hydrogen-bond acceptors (Lipinski definition) is 4. The molecule has 1 N–H and O–H groups in total. The van der Waals surface area contributed by atoms with E-state index in [1.807, 2.05) is 12.1 Å². The van der Waals surface area contributed by atoms with Crippen molar-refractivity contribution in [3.63, 3.8) is 0 Å². The molecule has 1 aliphatic rings. The Morgan fingerprint density at radius 2 is 2.04 bits per heavy atom. The summed E-state index contributed by atoms with van der Waals surface area (Å²) in [5.74, 6) is 0.707. The van der Waals surface area contributed by atoms with Gasteiger partial charge in [0.2, 0.25) is 0 Å². The van der Waals surface area contributed by atoms with Gasteiger partial charge in [0, 0.05) is 26.4 Å². The molecule has 6 nitrogen and oxygen atoms in total. The Hall–Kier alpha value is -0.870. The second kappa shape index (κ2) is 9.36. The number of morpholine rings is 1. The van der Waals surface area contributed by atoms with Gasteiger partial charge in [-0.25, -0.2) is 8.42 Å². The van der Waals surface area contributed by atoms with Crippen molar-refractivity contribution in [1.29, 1.82) is 0 Å². The third kappa shape index (κ3) is 5.56. The van der Waals surface area contributed by atoms with Gasteiger partial charge in [-0.2, -0.15) is 0 Å². The Morgan fingerprint density at radius 1 is 1.38 bits per heavy atom. The van der Waals surface area contributed by atoms with Gasteiger partial charge < -0.3 is 15.0 Å². The molecule has 1 fully saturated rings. The van der Waals surface area contributed by atoms with E-state index in [0.717, 1.165) is 6.54 Å². The number of aryl methyl sites for hydroxylation is 1. The predicted octanol–water partition coefficient (Wildman–Crippen LogP) is 2.38. The summed E-state index contributed by atoms with van der Waals surface area (Å²) in [5, 5.41) is 3.21. The minimum absolute atomic E-state index is 0. The van der Waals surface area contributed by atoms with Crippen LogP contribution in [-0.4, -0.2) is 63.6 Å². The summed E-state index contributed by atoms with van der Waals surface area (Å²) in [6, 6.07) is 8.21. The van der Waals surface area contributed by atoms with Crippen LogP contribution in [0.5, 0.6) is 0 Å². The molecule has 0 aliphatic carbocycles. The molecule has 26 heavy (non-hydrogen) atoms. The van der Waals surface area contributed by atoms with Crippen molar-refractivity contribution in [2.75, 3.05) is 39.5 Å². The van der Waals surface area contributed by atoms with Crippen LogP contribution in [0.4, 0.5) is 0 Å². The molecule has 2 rings (SSSR count). The molecule has 1 unspecified atom stereocenters. The molecule has 1 aliphatic heterocycles. The van der Waals surface area contributed by atoms with Gasteiger partial charge in [0.1, 0.15) is 6.10 Å². The SMILES string of the molecule is CN=C(NCC(C)(C)S(C)(=O)=O)N1CCOC(c2ccccc2C)C1.I. The first-order chi connectivity index (χ1) is 11.7. The largest absolute Gasteiger partial charge is 0.370 e. The molecular formula is C18H30IN3O3S. The van der Waals surface area contributed by atoms with Crippen LogP contribution in [0.1, 0.15) is 31.1 Å². The van der Waals surface area contributed by atoms with Gasteiger partial charge in [0.05, 0.1) is 17.9 Å². The minimum Gasteiger partial charge on any atom is -0.370 e. The number of guanidine groups is 1. The zero-order valence-corrected chi connectivity index (χ0v) is 19.3. The molecule has 0 saturated carbocycles. The second-order valence-electron chi connectivity index (χ2n) is 7.09. The molecule has 0 radical (unpaired) electrons. The molecule has 1 atom stereocenters. The summed E-state index contributed by atoms with van der Waals surface area (Å²) in [5.41, 5.74) is 2.38. The monoisotopic (exact) mass is 495 g/mol. The van der Waals surface area contributed by atoms with Crippen LogP contribution < -0.4 is 5.32 Å². The molecule has 0 aromatic heterocycles. The van der Waals surface area contributed by atoms with E-state index in [0.29, 0.717) is 25.7 Å². The van der Waals surface area contributed by atoms with Crippen molar-refractivity contribution in [1.82, 2.24) is 10.2 Å². The standard InChI is InChI=1S/C18H29N3O3S.HI/c1-14-8-6-7-9-15(14)16-12-21(10-11-24-16)17(19-4)20-13-18(2,3)25(5,22)23;/h6-9,16H,10-13H2,1-5H3,(H,19,20);1H. The summed E-state index contributed by atoms with van der Waals surface area (Å²) in [6.07, 6.45) is 1.25. The fraction of sp³-hybridized carbons (Fsp3) is 0.611. The lowest BCUT2D eigenvalue weighted by Gasteiger charge is -2.36. The van der Waals surface area contributed by atoms with E-state index >= 15 is 0 Å². The summed E-state index contributed by atoms with van der Waals surface area (Å²) in [6.45, 7) is 7.85. The average Bonchev–Trinajstić information content (AvgIpc) is 2.55. The first-order valence-corrected chi connectivity index (χ1v) is 10.4. The zero-order chi connectivity index (χ0) is 18.7. The van der Waals surface area contributed by atoms with Crippen LogP contribution in [0.2, 0.25) is 0 Å². The van der Waals surface area contributed by atoms with Crippen molar-refractivity contribution in [2.24, 2.45) is 4.99 Å². The van der Waals surface area contributed by atoms with Crippen LogP contribution >= 0.6 is 24.0 Å². The molecule has 148 valence electrons. The highest BCUT2D eigenvalue weighted by molar-refractivity contribution is 14.0. The zero-order valence-electron chi connectivity index (χ0n) is 16.2. The first kappa shape index (κ1) is 23.2. The van der Waals surface area contributed by atoms with Gasteiger partial charge >= 0.3 is 0 Å². The minimum atomic E-state index is -3.16. The Labute approximate surface area is 174 Å². The lowest BCUT2D eigenvalue weighted by atomic mass is 10.0. The van der Waals surface area contributed by atoms with Crippen molar-refractivity contribution >= 4 is 39.8 Å². The number of hydrogen-bond donors (Lipinski definition) is 1. The van der Waals surface area contributed by atoms with Crippen LogP contribution in [-0.2, 0) is 14.6 Å². The molecule has 8 heteroatoms. The molecule has 0 amide bonds. The van der Waals surface area contributed by atoms with E-state index in [4.69, 9.17) is 4.74 Å². The van der Waals surface area contributed by atoms with Crippen molar-refractivity contribution < 1.29 is 13.2 Å². The van der Waals surface area contributed by atoms with Gasteiger partial charge in [-0.05, 0) is 31.9 Å². The lowest BCUT2D eigenvalue weighted by molar-refractivity contribution is -0.00833. The Balaban J connectivity index is 0.00000338. The number of sulfone groups is 1. The highest BCUT2D eigenvalue weighted by atomic mass is 127. The first-order valence-electron chi connectivity index (χ1n) is 8.48. The Bertz CT molecular complexity index is 735. The summed E-state index contributed by atoms with van der Waals surface area (Å²) < 4.78 is 28.9. The van der Waals surface area contributed by atoms with Crippen LogP contribution in [0.15, 0.2) is 29.3 Å². The van der Waals surface area contributed by atoms with Gasteiger partial charge in [-0.3, -0.25) is 4.99 Å². The molecule has 1 aromatic carbocycles. The smallest absolute Gasteiger partial charge is 0.193 e. The van der Waals surface area contributed by atoms with E-state index in [1.54, 1.807) is 20.9 Å². The second-order valence-corrected chi connectivity index (χ2v) is 9.74.